The first-order chi connectivity index (χ1) is 14.9. The smallest absolute Gasteiger partial charge is 0.282 e. The molecule has 0 bridgehead atoms. The van der Waals surface area contributed by atoms with Crippen molar-refractivity contribution in [3.05, 3.63) is 72.8 Å². The van der Waals surface area contributed by atoms with Gasteiger partial charge < -0.3 is 0 Å². The van der Waals surface area contributed by atoms with Gasteiger partial charge in [-0.25, -0.2) is 10.5 Å². The number of hydrogen-bond acceptors (Lipinski definition) is 10. The Morgan fingerprint density at radius 2 is 1.16 bits per heavy atom. The van der Waals surface area contributed by atoms with Gasteiger partial charge in [0, 0.05) is 9.79 Å². The van der Waals surface area contributed by atoms with E-state index >= 15 is 0 Å². The van der Waals surface area contributed by atoms with Gasteiger partial charge in [-0.3, -0.25) is 4.55 Å². The van der Waals surface area contributed by atoms with Crippen LogP contribution in [0.3, 0.4) is 0 Å². The fourth-order valence-electron chi connectivity index (χ4n) is 2.69. The Morgan fingerprint density at radius 3 is 1.61 bits per heavy atom. The summed E-state index contributed by atoms with van der Waals surface area (Å²) in [6.45, 7) is 0. The molecule has 0 saturated heterocycles. The van der Waals surface area contributed by atoms with Crippen molar-refractivity contribution in [3.63, 3.8) is 0 Å². The molecular weight excluding hydrogens is 487 g/mol. The maximum absolute atomic E-state index is 11.7. The van der Waals surface area contributed by atoms with Crippen molar-refractivity contribution in [2.75, 3.05) is 0 Å². The molecule has 3 rings (SSSR count). The van der Waals surface area contributed by atoms with E-state index in [9.17, 15) is 13.0 Å². The molecule has 31 heavy (non-hydrogen) atoms. The van der Waals surface area contributed by atoms with Crippen LogP contribution in [-0.2, 0) is 28.9 Å². The lowest BCUT2D eigenvalue weighted by atomic mass is 10.3. The topological polar surface area (TPSA) is 132 Å². The fraction of sp³-hybridized carbons (Fsp3) is 0. The highest BCUT2D eigenvalue weighted by molar-refractivity contribution is 7.95. The molecule has 0 heterocycles. The first-order valence-electron chi connectivity index (χ1n) is 8.30. The van der Waals surface area contributed by atoms with Gasteiger partial charge in [0.15, 0.2) is 0 Å². The van der Waals surface area contributed by atoms with Crippen LogP contribution >= 0.6 is 32.0 Å². The van der Waals surface area contributed by atoms with Gasteiger partial charge >= 0.3 is 0 Å². The van der Waals surface area contributed by atoms with Gasteiger partial charge in [-0.05, 0) is 60.2 Å². The molecule has 0 spiro atoms. The highest BCUT2D eigenvalue weighted by Gasteiger charge is 2.20. The molecule has 0 atom stereocenters. The third-order valence-electron chi connectivity index (χ3n) is 3.85. The van der Waals surface area contributed by atoms with Crippen LogP contribution in [0.4, 0.5) is 0 Å². The summed E-state index contributed by atoms with van der Waals surface area (Å²) in [5.41, 5.74) is 0. The molecule has 0 fully saturated rings. The van der Waals surface area contributed by atoms with E-state index in [1.54, 1.807) is 36.4 Å². The molecule has 0 amide bonds. The Hall–Kier alpha value is -1.54. The molecular formula is C18H15O9PS3. The summed E-state index contributed by atoms with van der Waals surface area (Å²) in [6.07, 6.45) is 0. The summed E-state index contributed by atoms with van der Waals surface area (Å²) in [6, 6.07) is 20.4. The van der Waals surface area contributed by atoms with E-state index in [0.717, 1.165) is 34.7 Å². The Balaban J connectivity index is 2.12. The maximum atomic E-state index is 11.7. The van der Waals surface area contributed by atoms with Crippen molar-refractivity contribution >= 4 is 58.0 Å². The first kappa shape index (κ1) is 24.1. The number of hydrogen-bond donors (Lipinski definition) is 3. The third-order valence-corrected chi connectivity index (χ3v) is 8.23. The molecule has 0 saturated carbocycles. The van der Waals surface area contributed by atoms with Gasteiger partial charge in [-0.2, -0.15) is 8.42 Å². The second-order valence-corrected chi connectivity index (χ2v) is 10.9. The molecule has 0 radical (unpaired) electrons. The highest BCUT2D eigenvalue weighted by Crippen LogP contribution is 2.36. The van der Waals surface area contributed by atoms with Crippen LogP contribution in [0.5, 0.6) is 0 Å². The normalized spacial score (nSPS) is 11.7. The SMILES string of the molecule is O=S(=O)(O)c1cccc(P(c2cccc(SOOO)c2)c2cccc(SOOO)c2)c1. The Labute approximate surface area is 187 Å². The quantitative estimate of drug-likeness (QED) is 0.124. The molecule has 0 unspecified atom stereocenters. The summed E-state index contributed by atoms with van der Waals surface area (Å²) in [5.74, 6) is 0. The first-order valence-corrected chi connectivity index (χ1v) is 12.6. The average Bonchev–Trinajstić information content (AvgIpc) is 2.77. The predicted octanol–water partition coefficient (Wildman–Crippen LogP) is 3.55. The zero-order valence-corrected chi connectivity index (χ0v) is 18.7. The molecule has 3 N–H and O–H groups in total. The van der Waals surface area contributed by atoms with Gasteiger partial charge in [0.1, 0.15) is 0 Å². The van der Waals surface area contributed by atoms with Gasteiger partial charge in [-0.1, -0.05) is 46.5 Å². The van der Waals surface area contributed by atoms with Gasteiger partial charge in [0.2, 0.25) is 0 Å². The molecule has 13 heteroatoms. The minimum Gasteiger partial charge on any atom is -0.282 e. The Bertz CT molecular complexity index is 1080. The Kier molecular flexibility index (Phi) is 8.84. The summed E-state index contributed by atoms with van der Waals surface area (Å²) >= 11 is 1.60. The highest BCUT2D eigenvalue weighted by atomic mass is 32.2. The zero-order valence-electron chi connectivity index (χ0n) is 15.4. The largest absolute Gasteiger partial charge is 0.294 e. The van der Waals surface area contributed by atoms with Crippen LogP contribution in [0, 0.1) is 0 Å². The average molecular weight is 502 g/mol. The molecule has 164 valence electrons. The van der Waals surface area contributed by atoms with E-state index in [2.05, 4.69) is 18.7 Å². The summed E-state index contributed by atoms with van der Waals surface area (Å²) in [5, 5.41) is 26.4. The van der Waals surface area contributed by atoms with Crippen LogP contribution in [0.15, 0.2) is 87.5 Å². The second-order valence-electron chi connectivity index (χ2n) is 5.75. The van der Waals surface area contributed by atoms with Crippen molar-refractivity contribution in [3.8, 4) is 0 Å². The molecule has 0 aliphatic heterocycles. The van der Waals surface area contributed by atoms with Crippen molar-refractivity contribution in [2.45, 2.75) is 14.7 Å². The lowest BCUT2D eigenvalue weighted by Crippen LogP contribution is -2.21. The minimum atomic E-state index is -4.39. The van der Waals surface area contributed by atoms with Crippen LogP contribution in [0.2, 0.25) is 0 Å². The Morgan fingerprint density at radius 1 is 0.710 bits per heavy atom. The van der Waals surface area contributed by atoms with E-state index < -0.39 is 18.0 Å². The molecule has 3 aromatic carbocycles. The van der Waals surface area contributed by atoms with Crippen molar-refractivity contribution < 1.29 is 42.2 Å². The number of benzene rings is 3. The molecule has 0 aromatic heterocycles. The van der Waals surface area contributed by atoms with Gasteiger partial charge in [0.25, 0.3) is 10.1 Å². The van der Waals surface area contributed by atoms with Crippen LogP contribution < -0.4 is 15.9 Å². The minimum absolute atomic E-state index is 0.220. The third kappa shape index (κ3) is 6.72. The van der Waals surface area contributed by atoms with Crippen LogP contribution in [0.25, 0.3) is 0 Å². The summed E-state index contributed by atoms with van der Waals surface area (Å²) < 4.78 is 41.8. The van der Waals surface area contributed by atoms with E-state index in [0.29, 0.717) is 15.1 Å². The van der Waals surface area contributed by atoms with Gasteiger partial charge in [0.05, 0.1) is 29.0 Å². The lowest BCUT2D eigenvalue weighted by molar-refractivity contribution is -0.432. The monoisotopic (exact) mass is 502 g/mol. The van der Waals surface area contributed by atoms with Crippen LogP contribution in [0.1, 0.15) is 0 Å². The van der Waals surface area contributed by atoms with E-state index in [1.165, 1.54) is 12.1 Å². The standard InChI is InChI=1S/C18H15O9PS3/c19-24-26-29-16-7-1-4-13(10-16)28(14-5-2-8-17(11-14)30-27-25-20)15-6-3-9-18(12-15)31(21,22)23/h1-12,19-20H,(H,21,22,23). The second kappa shape index (κ2) is 11.4. The van der Waals surface area contributed by atoms with E-state index in [4.69, 9.17) is 10.5 Å². The lowest BCUT2D eigenvalue weighted by Gasteiger charge is -2.20. The van der Waals surface area contributed by atoms with Crippen molar-refractivity contribution in [2.24, 2.45) is 0 Å². The predicted molar refractivity (Wildman–Crippen MR) is 116 cm³/mol. The van der Waals surface area contributed by atoms with Gasteiger partial charge in [-0.15, -0.1) is 8.67 Å². The molecule has 9 nitrogen and oxygen atoms in total. The molecule has 0 aliphatic rings. The van der Waals surface area contributed by atoms with Crippen molar-refractivity contribution in [1.29, 1.82) is 0 Å². The maximum Gasteiger partial charge on any atom is 0.294 e. The van der Waals surface area contributed by atoms with Crippen molar-refractivity contribution in [1.82, 2.24) is 0 Å². The summed E-state index contributed by atoms with van der Waals surface area (Å²) in [4.78, 5) is 1.04. The number of rotatable bonds is 10. The molecule has 0 aliphatic carbocycles. The zero-order chi connectivity index (χ0) is 22.3. The van der Waals surface area contributed by atoms with E-state index in [1.807, 2.05) is 24.3 Å². The molecule has 3 aromatic rings. The van der Waals surface area contributed by atoms with E-state index in [-0.39, 0.29) is 4.90 Å². The van der Waals surface area contributed by atoms with Crippen LogP contribution in [-0.4, -0.2) is 23.5 Å². The summed E-state index contributed by atoms with van der Waals surface area (Å²) in [7, 11) is -5.68. The fourth-order valence-corrected chi connectivity index (χ4v) is 6.72.